The molecule has 1 aliphatic rings. The Balaban J connectivity index is 1.52. The molecule has 0 aromatic heterocycles. The van der Waals surface area contributed by atoms with Crippen LogP contribution in [-0.2, 0) is 5.41 Å². The number of hydrogen-bond donors (Lipinski definition) is 0. The van der Waals surface area contributed by atoms with Gasteiger partial charge in [-0.05, 0) is 77.1 Å². The van der Waals surface area contributed by atoms with Crippen LogP contribution in [0, 0.1) is 0 Å². The number of benzene rings is 5. The van der Waals surface area contributed by atoms with Crippen LogP contribution in [0.15, 0.2) is 121 Å². The van der Waals surface area contributed by atoms with Crippen LogP contribution in [0.2, 0.25) is 0 Å². The minimum atomic E-state index is -0.0238. The summed E-state index contributed by atoms with van der Waals surface area (Å²) < 4.78 is 0. The van der Waals surface area contributed by atoms with Crippen molar-refractivity contribution >= 4 is 11.4 Å². The van der Waals surface area contributed by atoms with Crippen molar-refractivity contribution in [2.24, 2.45) is 0 Å². The summed E-state index contributed by atoms with van der Waals surface area (Å²) in [5, 5.41) is 0. The van der Waals surface area contributed by atoms with Gasteiger partial charge >= 0.3 is 0 Å². The second-order valence-electron chi connectivity index (χ2n) is 10.8. The Bertz CT molecular complexity index is 1560. The predicted octanol–water partition coefficient (Wildman–Crippen LogP) is 9.87. The molecule has 6 rings (SSSR count). The van der Waals surface area contributed by atoms with Crippen LogP contribution in [0.25, 0.3) is 33.4 Å². The quantitative estimate of drug-likeness (QED) is 0.242. The zero-order valence-corrected chi connectivity index (χ0v) is 22.1. The lowest BCUT2D eigenvalue weighted by atomic mass is 9.82. The number of rotatable bonds is 5. The van der Waals surface area contributed by atoms with Gasteiger partial charge in [0.05, 0.1) is 0 Å². The SMILES string of the molecule is CC(C)N(c1ccc2c(c1)C(C)(C)c1ccccc1-2)c1ccc(-c2ccccc2)cc1-c1ccccc1. The summed E-state index contributed by atoms with van der Waals surface area (Å²) in [4.78, 5) is 2.50. The summed E-state index contributed by atoms with van der Waals surface area (Å²) >= 11 is 0. The van der Waals surface area contributed by atoms with Crippen molar-refractivity contribution in [1.29, 1.82) is 0 Å². The molecule has 0 radical (unpaired) electrons. The molecule has 5 aromatic rings. The average molecular weight is 480 g/mol. The van der Waals surface area contributed by atoms with Crippen molar-refractivity contribution in [3.63, 3.8) is 0 Å². The van der Waals surface area contributed by atoms with Gasteiger partial charge in [-0.15, -0.1) is 0 Å². The standard InChI is InChI=1S/C36H33N/c1-25(2)37(29-20-21-31-30-17-11-12-18-33(30)36(3,4)34(31)24-29)35-22-19-28(26-13-7-5-8-14-26)23-32(35)27-15-9-6-10-16-27/h5-25H,1-4H3. The van der Waals surface area contributed by atoms with Gasteiger partial charge in [0.25, 0.3) is 0 Å². The first-order valence-corrected chi connectivity index (χ1v) is 13.2. The molecule has 5 aromatic carbocycles. The Hall–Kier alpha value is -4.10. The molecule has 0 amide bonds. The maximum absolute atomic E-state index is 2.50. The van der Waals surface area contributed by atoms with E-state index in [1.54, 1.807) is 0 Å². The van der Waals surface area contributed by atoms with Gasteiger partial charge in [-0.3, -0.25) is 0 Å². The lowest BCUT2D eigenvalue weighted by molar-refractivity contribution is 0.659. The maximum atomic E-state index is 2.50. The van der Waals surface area contributed by atoms with Crippen molar-refractivity contribution in [1.82, 2.24) is 0 Å². The van der Waals surface area contributed by atoms with Crippen LogP contribution in [0.5, 0.6) is 0 Å². The molecule has 0 saturated heterocycles. The lowest BCUT2D eigenvalue weighted by Gasteiger charge is -2.33. The number of fused-ring (bicyclic) bond motifs is 3. The Morgan fingerprint density at radius 1 is 0.514 bits per heavy atom. The van der Waals surface area contributed by atoms with E-state index in [-0.39, 0.29) is 11.5 Å². The monoisotopic (exact) mass is 479 g/mol. The maximum Gasteiger partial charge on any atom is 0.0493 e. The summed E-state index contributed by atoms with van der Waals surface area (Å²) in [7, 11) is 0. The fourth-order valence-corrected chi connectivity index (χ4v) is 5.96. The predicted molar refractivity (Wildman–Crippen MR) is 159 cm³/mol. The molecule has 0 fully saturated rings. The van der Waals surface area contributed by atoms with Gasteiger partial charge in [0, 0.05) is 28.4 Å². The van der Waals surface area contributed by atoms with E-state index in [9.17, 15) is 0 Å². The van der Waals surface area contributed by atoms with Gasteiger partial charge in [-0.1, -0.05) is 111 Å². The van der Waals surface area contributed by atoms with Gasteiger partial charge in [-0.25, -0.2) is 0 Å². The van der Waals surface area contributed by atoms with Gasteiger partial charge < -0.3 is 4.90 Å². The average Bonchev–Trinajstić information content (AvgIpc) is 3.16. The molecular weight excluding hydrogens is 446 g/mol. The number of anilines is 2. The molecule has 37 heavy (non-hydrogen) atoms. The number of hydrogen-bond acceptors (Lipinski definition) is 1. The van der Waals surface area contributed by atoms with Crippen LogP contribution < -0.4 is 4.90 Å². The first kappa shape index (κ1) is 23.3. The normalized spacial score (nSPS) is 13.3. The molecule has 0 N–H and O–H groups in total. The lowest BCUT2D eigenvalue weighted by Crippen LogP contribution is -2.26. The highest BCUT2D eigenvalue weighted by Crippen LogP contribution is 2.50. The Kier molecular flexibility index (Phi) is 5.72. The smallest absolute Gasteiger partial charge is 0.0493 e. The summed E-state index contributed by atoms with van der Waals surface area (Å²) in [6.45, 7) is 9.27. The summed E-state index contributed by atoms with van der Waals surface area (Å²) in [6.07, 6.45) is 0. The third-order valence-corrected chi connectivity index (χ3v) is 7.81. The molecule has 0 spiro atoms. The summed E-state index contributed by atoms with van der Waals surface area (Å²) in [5.41, 5.74) is 12.9. The third-order valence-electron chi connectivity index (χ3n) is 7.81. The zero-order valence-electron chi connectivity index (χ0n) is 22.1. The Morgan fingerprint density at radius 3 is 1.84 bits per heavy atom. The zero-order chi connectivity index (χ0) is 25.6. The summed E-state index contributed by atoms with van der Waals surface area (Å²) in [6, 6.07) is 44.6. The molecule has 182 valence electrons. The molecule has 1 nitrogen and oxygen atoms in total. The van der Waals surface area contributed by atoms with Crippen LogP contribution in [0.4, 0.5) is 11.4 Å². The fourth-order valence-electron chi connectivity index (χ4n) is 5.96. The van der Waals surface area contributed by atoms with E-state index in [0.717, 1.165) is 0 Å². The molecule has 0 aliphatic heterocycles. The van der Waals surface area contributed by atoms with Crippen molar-refractivity contribution in [2.75, 3.05) is 4.90 Å². The van der Waals surface area contributed by atoms with E-state index in [4.69, 9.17) is 0 Å². The highest BCUT2D eigenvalue weighted by molar-refractivity contribution is 5.88. The molecule has 1 heteroatoms. The van der Waals surface area contributed by atoms with E-state index in [1.165, 1.54) is 55.9 Å². The highest BCUT2D eigenvalue weighted by Gasteiger charge is 2.35. The van der Waals surface area contributed by atoms with E-state index < -0.39 is 0 Å². The largest absolute Gasteiger partial charge is 0.338 e. The fraction of sp³-hybridized carbons (Fsp3) is 0.167. The van der Waals surface area contributed by atoms with Crippen LogP contribution in [-0.4, -0.2) is 6.04 Å². The van der Waals surface area contributed by atoms with Gasteiger partial charge in [0.15, 0.2) is 0 Å². The molecule has 0 saturated carbocycles. The van der Waals surface area contributed by atoms with Gasteiger partial charge in [0.2, 0.25) is 0 Å². The van der Waals surface area contributed by atoms with Crippen molar-refractivity contribution in [3.8, 4) is 33.4 Å². The highest BCUT2D eigenvalue weighted by atomic mass is 15.2. The van der Waals surface area contributed by atoms with E-state index in [2.05, 4.69) is 154 Å². The van der Waals surface area contributed by atoms with Crippen LogP contribution in [0.1, 0.15) is 38.8 Å². The second-order valence-corrected chi connectivity index (χ2v) is 10.8. The Morgan fingerprint density at radius 2 is 1.14 bits per heavy atom. The van der Waals surface area contributed by atoms with Crippen LogP contribution >= 0.6 is 0 Å². The first-order chi connectivity index (χ1) is 17.9. The van der Waals surface area contributed by atoms with Crippen molar-refractivity contribution in [2.45, 2.75) is 39.2 Å². The second kappa shape index (κ2) is 9.09. The minimum Gasteiger partial charge on any atom is -0.338 e. The van der Waals surface area contributed by atoms with E-state index >= 15 is 0 Å². The first-order valence-electron chi connectivity index (χ1n) is 13.2. The van der Waals surface area contributed by atoms with Crippen molar-refractivity contribution < 1.29 is 0 Å². The molecule has 0 heterocycles. The number of nitrogens with zero attached hydrogens (tertiary/aromatic N) is 1. The Labute approximate surface area is 221 Å². The topological polar surface area (TPSA) is 3.24 Å². The van der Waals surface area contributed by atoms with Gasteiger partial charge in [-0.2, -0.15) is 0 Å². The molecule has 1 aliphatic carbocycles. The van der Waals surface area contributed by atoms with Crippen molar-refractivity contribution in [3.05, 3.63) is 132 Å². The van der Waals surface area contributed by atoms with Crippen LogP contribution in [0.3, 0.4) is 0 Å². The molecular formula is C36H33N. The van der Waals surface area contributed by atoms with Gasteiger partial charge in [0.1, 0.15) is 0 Å². The van der Waals surface area contributed by atoms with E-state index in [0.29, 0.717) is 0 Å². The molecule has 0 unspecified atom stereocenters. The summed E-state index contributed by atoms with van der Waals surface area (Å²) in [5.74, 6) is 0. The molecule has 0 bridgehead atoms. The van der Waals surface area contributed by atoms with E-state index in [1.807, 2.05) is 0 Å². The molecule has 0 atom stereocenters. The third kappa shape index (κ3) is 3.96. The minimum absolute atomic E-state index is 0.0238.